The lowest BCUT2D eigenvalue weighted by atomic mass is 9.89. The van der Waals surface area contributed by atoms with E-state index < -0.39 is 5.54 Å². The molecular formula is C12H21N3O2. The SMILES string of the molecule is CCOC(=O)CNC1(C#N)CCN(CC)CC1. The summed E-state index contributed by atoms with van der Waals surface area (Å²) in [6.45, 7) is 7.21. The minimum Gasteiger partial charge on any atom is -0.465 e. The van der Waals surface area contributed by atoms with Crippen molar-refractivity contribution in [3.8, 4) is 6.07 Å². The number of hydrogen-bond acceptors (Lipinski definition) is 5. The Kier molecular flexibility index (Phi) is 5.39. The lowest BCUT2D eigenvalue weighted by Gasteiger charge is -2.37. The second kappa shape index (κ2) is 6.58. The van der Waals surface area contributed by atoms with E-state index in [-0.39, 0.29) is 12.5 Å². The van der Waals surface area contributed by atoms with Crippen molar-refractivity contribution < 1.29 is 9.53 Å². The first-order chi connectivity index (χ1) is 8.15. The summed E-state index contributed by atoms with van der Waals surface area (Å²) in [5.74, 6) is -0.292. The Hall–Kier alpha value is -1.12. The van der Waals surface area contributed by atoms with E-state index in [1.165, 1.54) is 0 Å². The monoisotopic (exact) mass is 239 g/mol. The van der Waals surface area contributed by atoms with Gasteiger partial charge < -0.3 is 9.64 Å². The maximum absolute atomic E-state index is 11.3. The Labute approximate surface area is 103 Å². The number of ether oxygens (including phenoxy) is 1. The van der Waals surface area contributed by atoms with Crippen molar-refractivity contribution in [2.24, 2.45) is 0 Å². The van der Waals surface area contributed by atoms with E-state index in [9.17, 15) is 10.1 Å². The minimum atomic E-state index is -0.557. The summed E-state index contributed by atoms with van der Waals surface area (Å²) in [6, 6.07) is 2.31. The van der Waals surface area contributed by atoms with Crippen LogP contribution in [0.15, 0.2) is 0 Å². The first-order valence-electron chi connectivity index (χ1n) is 6.20. The van der Waals surface area contributed by atoms with Crippen LogP contribution in [0.3, 0.4) is 0 Å². The van der Waals surface area contributed by atoms with Crippen molar-refractivity contribution in [2.75, 3.05) is 32.8 Å². The maximum atomic E-state index is 11.3. The zero-order valence-electron chi connectivity index (χ0n) is 10.7. The smallest absolute Gasteiger partial charge is 0.319 e. The van der Waals surface area contributed by atoms with Crippen molar-refractivity contribution >= 4 is 5.97 Å². The van der Waals surface area contributed by atoms with Gasteiger partial charge in [-0.3, -0.25) is 10.1 Å². The van der Waals surface area contributed by atoms with Gasteiger partial charge in [-0.15, -0.1) is 0 Å². The van der Waals surface area contributed by atoms with Crippen LogP contribution in [0.2, 0.25) is 0 Å². The Balaban J connectivity index is 2.43. The molecule has 1 N–H and O–H groups in total. The molecule has 96 valence electrons. The fourth-order valence-corrected chi connectivity index (χ4v) is 2.03. The number of nitrogens with zero attached hydrogens (tertiary/aromatic N) is 2. The van der Waals surface area contributed by atoms with Gasteiger partial charge in [-0.25, -0.2) is 0 Å². The fourth-order valence-electron chi connectivity index (χ4n) is 2.03. The molecule has 17 heavy (non-hydrogen) atoms. The van der Waals surface area contributed by atoms with Crippen LogP contribution in [-0.4, -0.2) is 49.2 Å². The molecule has 0 atom stereocenters. The van der Waals surface area contributed by atoms with Gasteiger partial charge in [0.1, 0.15) is 5.54 Å². The van der Waals surface area contributed by atoms with E-state index in [0.717, 1.165) is 32.5 Å². The first-order valence-corrected chi connectivity index (χ1v) is 6.20. The summed E-state index contributed by atoms with van der Waals surface area (Å²) < 4.78 is 4.84. The fraction of sp³-hybridized carbons (Fsp3) is 0.833. The molecule has 0 bridgehead atoms. The molecule has 0 unspecified atom stereocenters. The number of likely N-dealkylation sites (tertiary alicyclic amines) is 1. The highest BCUT2D eigenvalue weighted by atomic mass is 16.5. The topological polar surface area (TPSA) is 65.4 Å². The average molecular weight is 239 g/mol. The predicted molar refractivity (Wildman–Crippen MR) is 64.3 cm³/mol. The molecule has 0 radical (unpaired) electrons. The van der Waals surface area contributed by atoms with Gasteiger partial charge in [-0.2, -0.15) is 5.26 Å². The predicted octanol–water partition coefficient (Wildman–Crippen LogP) is 0.517. The standard InChI is InChI=1S/C12H21N3O2/c1-3-15-7-5-12(10-13,6-8-15)14-9-11(16)17-4-2/h14H,3-9H2,1-2H3. The number of piperidine rings is 1. The molecule has 1 rings (SSSR count). The lowest BCUT2D eigenvalue weighted by molar-refractivity contribution is -0.142. The van der Waals surface area contributed by atoms with Crippen LogP contribution in [-0.2, 0) is 9.53 Å². The van der Waals surface area contributed by atoms with Gasteiger partial charge in [0.2, 0.25) is 0 Å². The molecule has 0 spiro atoms. The summed E-state index contributed by atoms with van der Waals surface area (Å²) in [5, 5.41) is 12.3. The molecule has 0 aromatic carbocycles. The summed E-state index contributed by atoms with van der Waals surface area (Å²) >= 11 is 0. The molecule has 1 fully saturated rings. The highest BCUT2D eigenvalue weighted by Gasteiger charge is 2.34. The van der Waals surface area contributed by atoms with Crippen molar-refractivity contribution in [1.82, 2.24) is 10.2 Å². The summed E-state index contributed by atoms with van der Waals surface area (Å²) in [7, 11) is 0. The summed E-state index contributed by atoms with van der Waals surface area (Å²) in [6.07, 6.45) is 1.52. The van der Waals surface area contributed by atoms with E-state index in [2.05, 4.69) is 23.2 Å². The largest absolute Gasteiger partial charge is 0.465 e. The van der Waals surface area contributed by atoms with Crippen LogP contribution in [0.5, 0.6) is 0 Å². The second-order valence-electron chi connectivity index (χ2n) is 4.29. The van der Waals surface area contributed by atoms with Gasteiger partial charge in [0.15, 0.2) is 0 Å². The highest BCUT2D eigenvalue weighted by Crippen LogP contribution is 2.21. The molecule has 1 heterocycles. The zero-order valence-corrected chi connectivity index (χ0v) is 10.7. The molecule has 0 aromatic heterocycles. The van der Waals surface area contributed by atoms with Crippen LogP contribution in [0.25, 0.3) is 0 Å². The zero-order chi connectivity index (χ0) is 12.7. The van der Waals surface area contributed by atoms with E-state index in [4.69, 9.17) is 4.74 Å². The third kappa shape index (κ3) is 3.99. The van der Waals surface area contributed by atoms with Crippen LogP contribution in [0.4, 0.5) is 0 Å². The molecule has 5 heteroatoms. The number of carbonyl (C=O) groups is 1. The Bertz CT molecular complexity index is 291. The number of carbonyl (C=O) groups excluding carboxylic acids is 1. The summed E-state index contributed by atoms with van der Waals surface area (Å²) in [5.41, 5.74) is -0.557. The van der Waals surface area contributed by atoms with Crippen molar-refractivity contribution in [1.29, 1.82) is 5.26 Å². The van der Waals surface area contributed by atoms with Crippen LogP contribution < -0.4 is 5.32 Å². The average Bonchev–Trinajstić information content (AvgIpc) is 2.37. The lowest BCUT2D eigenvalue weighted by Crippen LogP contribution is -2.53. The number of nitrogens with one attached hydrogen (secondary N) is 1. The van der Waals surface area contributed by atoms with Gasteiger partial charge in [0.25, 0.3) is 0 Å². The van der Waals surface area contributed by atoms with Gasteiger partial charge >= 0.3 is 5.97 Å². The number of rotatable bonds is 5. The number of hydrogen-bond donors (Lipinski definition) is 1. The quantitative estimate of drug-likeness (QED) is 0.708. The van der Waals surface area contributed by atoms with E-state index in [1.54, 1.807) is 6.92 Å². The molecule has 1 aliphatic heterocycles. The molecule has 0 amide bonds. The van der Waals surface area contributed by atoms with Crippen molar-refractivity contribution in [3.05, 3.63) is 0 Å². The van der Waals surface area contributed by atoms with E-state index in [1.807, 2.05) is 0 Å². The maximum Gasteiger partial charge on any atom is 0.319 e. The van der Waals surface area contributed by atoms with Gasteiger partial charge in [-0.05, 0) is 26.3 Å². The van der Waals surface area contributed by atoms with Crippen LogP contribution in [0.1, 0.15) is 26.7 Å². The van der Waals surface area contributed by atoms with E-state index >= 15 is 0 Å². The third-order valence-corrected chi connectivity index (χ3v) is 3.25. The highest BCUT2D eigenvalue weighted by molar-refractivity contribution is 5.71. The second-order valence-corrected chi connectivity index (χ2v) is 4.29. The minimum absolute atomic E-state index is 0.119. The first kappa shape index (κ1) is 13.9. The Morgan fingerprint density at radius 3 is 2.59 bits per heavy atom. The molecule has 1 saturated heterocycles. The molecule has 0 saturated carbocycles. The number of esters is 1. The number of nitriles is 1. The van der Waals surface area contributed by atoms with Crippen LogP contribution in [0, 0.1) is 11.3 Å². The molecule has 1 aliphatic rings. The van der Waals surface area contributed by atoms with Crippen molar-refractivity contribution in [2.45, 2.75) is 32.2 Å². The van der Waals surface area contributed by atoms with Gasteiger partial charge in [0, 0.05) is 13.1 Å². The van der Waals surface area contributed by atoms with Gasteiger partial charge in [-0.1, -0.05) is 6.92 Å². The normalized spacial score (nSPS) is 19.6. The van der Waals surface area contributed by atoms with Crippen LogP contribution >= 0.6 is 0 Å². The molecular weight excluding hydrogens is 218 g/mol. The molecule has 0 aliphatic carbocycles. The molecule has 0 aromatic rings. The third-order valence-electron chi connectivity index (χ3n) is 3.25. The Morgan fingerprint density at radius 1 is 1.47 bits per heavy atom. The Morgan fingerprint density at radius 2 is 2.12 bits per heavy atom. The van der Waals surface area contributed by atoms with Gasteiger partial charge in [0.05, 0.1) is 19.2 Å². The summed E-state index contributed by atoms with van der Waals surface area (Å²) in [4.78, 5) is 13.6. The molecule has 5 nitrogen and oxygen atoms in total. The van der Waals surface area contributed by atoms with E-state index in [0.29, 0.717) is 6.61 Å². The van der Waals surface area contributed by atoms with Crippen molar-refractivity contribution in [3.63, 3.8) is 0 Å².